The zero-order valence-electron chi connectivity index (χ0n) is 41.6. The number of nitrogens with one attached hydrogen (secondary N) is 1. The zero-order chi connectivity index (χ0) is 49.6. The molecule has 3 heterocycles. The molecule has 16 nitrogen and oxygen atoms in total. The predicted molar refractivity (Wildman–Crippen MR) is 266 cm³/mol. The molecular formula is C50H68N7O9PSi. The van der Waals surface area contributed by atoms with Gasteiger partial charge >= 0.3 is 0 Å². The van der Waals surface area contributed by atoms with E-state index in [0.717, 1.165) is 16.7 Å². The summed E-state index contributed by atoms with van der Waals surface area (Å²) in [5, 5.41) is 12.0. The van der Waals surface area contributed by atoms with E-state index >= 15 is 0 Å². The Kier molecular flexibility index (Phi) is 17.2. The lowest BCUT2D eigenvalue weighted by atomic mass is 9.80. The van der Waals surface area contributed by atoms with Crippen LogP contribution >= 0.6 is 8.53 Å². The average Bonchev–Trinajstić information content (AvgIpc) is 3.87. The maximum absolute atomic E-state index is 13.6. The second-order valence-corrected chi connectivity index (χ2v) is 25.5. The quantitative estimate of drug-likeness (QED) is 0.0495. The normalized spacial score (nSPS) is 21.9. The van der Waals surface area contributed by atoms with Crippen LogP contribution in [0.5, 0.6) is 11.5 Å². The molecular weight excluding hydrogens is 902 g/mol. The van der Waals surface area contributed by atoms with E-state index in [1.54, 1.807) is 33.0 Å². The Morgan fingerprint density at radius 2 is 1.49 bits per heavy atom. The largest absolute Gasteiger partial charge is 0.497 e. The van der Waals surface area contributed by atoms with E-state index in [4.69, 9.17) is 37.4 Å². The maximum Gasteiger partial charge on any atom is 0.259 e. The first kappa shape index (κ1) is 52.5. The summed E-state index contributed by atoms with van der Waals surface area (Å²) in [6.07, 6.45) is -1.86. The van der Waals surface area contributed by atoms with Gasteiger partial charge in [0.1, 0.15) is 35.4 Å². The number of benzene rings is 3. The highest BCUT2D eigenvalue weighted by Crippen LogP contribution is 2.52. The number of aliphatic imine (C=N–C) groups is 3. The van der Waals surface area contributed by atoms with Crippen LogP contribution in [-0.2, 0) is 38.1 Å². The first-order chi connectivity index (χ1) is 32.3. The smallest absolute Gasteiger partial charge is 0.259 e. The van der Waals surface area contributed by atoms with Gasteiger partial charge in [0.15, 0.2) is 26.4 Å². The number of nitriles is 1. The molecule has 0 radical (unpaired) electrons. The SMILES string of the molecule is COc1ccc(C(OC[C@H]2O[C@@H](N3C=NC4C(=O)NC(=NC(=O)C(C)C)N=C43)[C@H](O[Si](C)(C)C(C)(C)C)[C@@H]2OP(OCCC#N)N(C(C)C)C(C)C)(c2ccccc2)c2ccc(OC)cc2)cc1. The molecule has 3 aromatic carbocycles. The number of methoxy groups -OCH3 is 2. The fourth-order valence-corrected chi connectivity index (χ4v) is 11.1. The van der Waals surface area contributed by atoms with Crippen LogP contribution in [-0.4, -0.2) is 118 Å². The van der Waals surface area contributed by atoms with Crippen molar-refractivity contribution in [3.63, 3.8) is 0 Å². The summed E-state index contributed by atoms with van der Waals surface area (Å²) >= 11 is 0. The molecule has 68 heavy (non-hydrogen) atoms. The topological polar surface area (TPSA) is 178 Å². The van der Waals surface area contributed by atoms with Gasteiger partial charge < -0.3 is 32.4 Å². The van der Waals surface area contributed by atoms with Gasteiger partial charge in [0.2, 0.25) is 5.96 Å². The molecule has 0 spiro atoms. The predicted octanol–water partition coefficient (Wildman–Crippen LogP) is 8.57. The maximum atomic E-state index is 13.6. The number of nitrogens with zero attached hydrogens (tertiary/aromatic N) is 6. The lowest BCUT2D eigenvalue weighted by molar-refractivity contribution is -0.120. The third kappa shape index (κ3) is 11.4. The first-order valence-electron chi connectivity index (χ1n) is 23.2. The van der Waals surface area contributed by atoms with Crippen molar-refractivity contribution in [3.8, 4) is 17.6 Å². The Balaban J connectivity index is 1.56. The van der Waals surface area contributed by atoms with Crippen molar-refractivity contribution in [2.24, 2.45) is 20.9 Å². The number of carbonyl (C=O) groups excluding carboxylic acids is 2. The molecule has 2 unspecified atom stereocenters. The van der Waals surface area contributed by atoms with Crippen molar-refractivity contribution < 1.29 is 42.0 Å². The summed E-state index contributed by atoms with van der Waals surface area (Å²) < 4.78 is 49.6. The van der Waals surface area contributed by atoms with Gasteiger partial charge in [-0.2, -0.15) is 15.2 Å². The number of rotatable bonds is 20. The van der Waals surface area contributed by atoms with Crippen LogP contribution in [0.3, 0.4) is 0 Å². The third-order valence-corrected chi connectivity index (χ3v) is 19.2. The Morgan fingerprint density at radius 1 is 0.912 bits per heavy atom. The lowest BCUT2D eigenvalue weighted by Crippen LogP contribution is -2.56. The van der Waals surface area contributed by atoms with E-state index < -0.39 is 70.8 Å². The van der Waals surface area contributed by atoms with Crippen molar-refractivity contribution in [1.82, 2.24) is 14.9 Å². The number of hydrogen-bond acceptors (Lipinski definition) is 13. The molecule has 18 heteroatoms. The molecule has 3 aliphatic rings. The Morgan fingerprint density at radius 3 is 2.00 bits per heavy atom. The molecule has 0 bridgehead atoms. The van der Waals surface area contributed by atoms with Crippen molar-refractivity contribution in [2.45, 2.75) is 135 Å². The van der Waals surface area contributed by atoms with Crippen molar-refractivity contribution in [3.05, 3.63) is 95.6 Å². The fraction of sp³-hybridized carbons (Fsp3) is 0.520. The van der Waals surface area contributed by atoms with Crippen molar-refractivity contribution in [2.75, 3.05) is 27.4 Å². The molecule has 0 saturated carbocycles. The summed E-state index contributed by atoms with van der Waals surface area (Å²) in [4.78, 5) is 41.7. The number of hydrogen-bond donors (Lipinski definition) is 1. The van der Waals surface area contributed by atoms with E-state index in [1.165, 1.54) is 6.34 Å². The molecule has 3 aromatic rings. The molecule has 1 saturated heterocycles. The second-order valence-electron chi connectivity index (χ2n) is 19.3. The highest BCUT2D eigenvalue weighted by atomic mass is 31.2. The van der Waals surface area contributed by atoms with E-state index in [-0.39, 0.29) is 48.6 Å². The number of fused-ring (bicyclic) bond motifs is 1. The van der Waals surface area contributed by atoms with Gasteiger partial charge in [-0.25, -0.2) is 4.67 Å². The minimum Gasteiger partial charge on any atom is -0.497 e. The van der Waals surface area contributed by atoms with E-state index in [2.05, 4.69) is 87.6 Å². The number of ether oxygens (including phenoxy) is 4. The van der Waals surface area contributed by atoms with Crippen LogP contribution in [0.25, 0.3) is 0 Å². The van der Waals surface area contributed by atoms with Crippen LogP contribution < -0.4 is 14.8 Å². The molecule has 366 valence electrons. The number of guanidine groups is 1. The van der Waals surface area contributed by atoms with Gasteiger partial charge in [0.25, 0.3) is 20.3 Å². The van der Waals surface area contributed by atoms with Crippen LogP contribution in [0.15, 0.2) is 93.8 Å². The standard InChI is InChI=1S/C50H68N7O9PSi/c1-32(2)45(58)54-48-53-44-41(46(59)55-48)52-31-56(44)47-43(66-68(12,13)49(7,8)9)42(65-67(63-29-17-28-51)57(33(3)4)34(5)6)40(64-47)30-62-50(35-18-15-14-16-19-35,36-20-24-38(60-10)25-21-36)37-22-26-39(61-11)27-23-37/h14-16,18-27,31-34,40-43,47H,17,29-30H2,1-13H3,(H,54,55,58,59)/t40-,41?,42-,43-,47-,67?/m1/s1. The summed E-state index contributed by atoms with van der Waals surface area (Å²) in [6, 6.07) is 26.7. The molecule has 1 fully saturated rings. The lowest BCUT2D eigenvalue weighted by Gasteiger charge is -2.43. The van der Waals surface area contributed by atoms with Gasteiger partial charge in [-0.1, -0.05) is 89.2 Å². The van der Waals surface area contributed by atoms with E-state index in [1.807, 2.05) is 78.9 Å². The first-order valence-corrected chi connectivity index (χ1v) is 27.2. The van der Waals surface area contributed by atoms with Crippen LogP contribution in [0.2, 0.25) is 18.1 Å². The molecule has 3 aliphatic heterocycles. The highest BCUT2D eigenvalue weighted by molar-refractivity contribution is 7.44. The van der Waals surface area contributed by atoms with Gasteiger partial charge in [0.05, 0.1) is 46.3 Å². The van der Waals surface area contributed by atoms with Gasteiger partial charge in [-0.15, -0.1) is 0 Å². The van der Waals surface area contributed by atoms with Crippen molar-refractivity contribution in [1.29, 1.82) is 5.26 Å². The fourth-order valence-electron chi connectivity index (χ4n) is 8.02. The molecule has 6 atom stereocenters. The van der Waals surface area contributed by atoms with Gasteiger partial charge in [-0.05, 0) is 86.8 Å². The molecule has 0 aliphatic carbocycles. The van der Waals surface area contributed by atoms with Gasteiger partial charge in [-0.3, -0.25) is 24.8 Å². The van der Waals surface area contributed by atoms with Crippen molar-refractivity contribution >= 4 is 46.8 Å². The summed E-state index contributed by atoms with van der Waals surface area (Å²) in [7, 11) is -1.30. The third-order valence-electron chi connectivity index (χ3n) is 12.6. The molecule has 1 N–H and O–H groups in total. The number of carbonyl (C=O) groups is 2. The minimum atomic E-state index is -2.70. The Labute approximate surface area is 404 Å². The van der Waals surface area contributed by atoms with E-state index in [0.29, 0.717) is 11.5 Å². The zero-order valence-corrected chi connectivity index (χ0v) is 43.5. The van der Waals surface area contributed by atoms with Crippen LogP contribution in [0.4, 0.5) is 0 Å². The van der Waals surface area contributed by atoms with Crippen LogP contribution in [0.1, 0.15) is 85.4 Å². The highest BCUT2D eigenvalue weighted by Gasteiger charge is 2.57. The van der Waals surface area contributed by atoms with Gasteiger partial charge in [0, 0.05) is 18.0 Å². The summed E-state index contributed by atoms with van der Waals surface area (Å²) in [5.41, 5.74) is 1.27. The second kappa shape index (κ2) is 22.2. The number of amides is 2. The Hall–Kier alpha value is -4.89. The minimum absolute atomic E-state index is 0.0144. The van der Waals surface area contributed by atoms with E-state index in [9.17, 15) is 14.9 Å². The average molecular weight is 970 g/mol. The Bertz CT molecular complexity index is 2280. The molecule has 2 amide bonds. The molecule has 0 aromatic heterocycles. The number of amidine groups is 1. The summed E-state index contributed by atoms with van der Waals surface area (Å²) in [5.74, 6) is 0.122. The molecule has 6 rings (SSSR count). The van der Waals surface area contributed by atoms with Crippen LogP contribution in [0, 0.1) is 17.2 Å². The summed E-state index contributed by atoms with van der Waals surface area (Å²) in [6.45, 7) is 22.7. The monoisotopic (exact) mass is 969 g/mol.